The third-order valence-corrected chi connectivity index (χ3v) is 5.29. The maximum absolute atomic E-state index is 12.2. The second-order valence-electron chi connectivity index (χ2n) is 6.97. The molecule has 1 aliphatic rings. The van der Waals surface area contributed by atoms with Gasteiger partial charge in [-0.2, -0.15) is 5.26 Å². The molecule has 1 aromatic rings. The van der Waals surface area contributed by atoms with E-state index in [0.29, 0.717) is 5.56 Å². The van der Waals surface area contributed by atoms with Crippen molar-refractivity contribution in [2.75, 3.05) is 6.61 Å². The molecule has 11 nitrogen and oxygen atoms in total. The number of esters is 4. The normalized spacial score (nSPS) is 27.6. The van der Waals surface area contributed by atoms with E-state index in [1.54, 1.807) is 0 Å². The SMILES string of the molecule is [2H]CC(=O)OC[C@H]1OC(O)(c2ccc(C#N)c(CBr)c2)[C@H](OC(=O)C[2H])[C@@H](OC(=O)C[2H])[C@@H]1OC(=O)C[2H]. The van der Waals surface area contributed by atoms with Crippen molar-refractivity contribution in [1.29, 1.82) is 5.26 Å². The van der Waals surface area contributed by atoms with E-state index in [4.69, 9.17) is 29.2 Å². The molecule has 0 amide bonds. The molecule has 1 heterocycles. The van der Waals surface area contributed by atoms with Gasteiger partial charge in [0.15, 0.2) is 12.2 Å². The zero-order valence-corrected chi connectivity index (χ0v) is 19.3. The average Bonchev–Trinajstić information content (AvgIpc) is 2.93. The highest BCUT2D eigenvalue weighted by atomic mass is 79.9. The van der Waals surface area contributed by atoms with Gasteiger partial charge in [-0.3, -0.25) is 19.2 Å². The van der Waals surface area contributed by atoms with E-state index < -0.39 is 88.3 Å². The molecule has 0 aromatic heterocycles. The number of hydrogen-bond acceptors (Lipinski definition) is 11. The summed E-state index contributed by atoms with van der Waals surface area (Å²) in [5.41, 5.74) is 0.500. The van der Waals surface area contributed by atoms with Crippen LogP contribution in [0.2, 0.25) is 0 Å². The molecular weight excluding hydrogens is 518 g/mol. The van der Waals surface area contributed by atoms with Gasteiger partial charge < -0.3 is 28.8 Å². The van der Waals surface area contributed by atoms with Crippen LogP contribution in [0.25, 0.3) is 0 Å². The minimum Gasteiger partial charge on any atom is -0.463 e. The summed E-state index contributed by atoms with van der Waals surface area (Å²) in [6.45, 7) is -4.24. The van der Waals surface area contributed by atoms with E-state index in [1.165, 1.54) is 18.2 Å². The van der Waals surface area contributed by atoms with Crippen molar-refractivity contribution >= 4 is 39.8 Å². The standard InChI is InChI=1S/C22H24BrNO10/c1-11(25)30-10-18-19(31-12(2)26)20(32-13(3)27)21(33-14(4)28)22(29,34-18)17-6-5-15(9-24)16(7-17)8-23/h5-7,18-21,29H,8,10H2,1-4H3/t18-,19-,20+,21-,22?/m1/s1/i1D,2D,3D,4D. The summed E-state index contributed by atoms with van der Waals surface area (Å²) < 4.78 is 55.5. The van der Waals surface area contributed by atoms with Gasteiger partial charge in [-0.05, 0) is 17.7 Å². The van der Waals surface area contributed by atoms with Crippen molar-refractivity contribution in [1.82, 2.24) is 0 Å². The number of aliphatic hydroxyl groups is 1. The second kappa shape index (κ2) is 11.4. The number of alkyl halides is 1. The van der Waals surface area contributed by atoms with Crippen molar-refractivity contribution in [2.45, 2.75) is 63.1 Å². The highest BCUT2D eigenvalue weighted by Crippen LogP contribution is 2.41. The highest BCUT2D eigenvalue weighted by Gasteiger charge is 2.60. The fourth-order valence-corrected chi connectivity index (χ4v) is 3.87. The monoisotopic (exact) mass is 545 g/mol. The van der Waals surface area contributed by atoms with Gasteiger partial charge in [0.05, 0.1) is 11.6 Å². The maximum atomic E-state index is 12.2. The predicted molar refractivity (Wildman–Crippen MR) is 116 cm³/mol. The molecule has 0 saturated carbocycles. The molecule has 1 unspecified atom stereocenters. The van der Waals surface area contributed by atoms with Gasteiger partial charge in [0.1, 0.15) is 12.7 Å². The Labute approximate surface area is 209 Å². The molecule has 2 rings (SSSR count). The molecule has 12 heteroatoms. The molecule has 0 radical (unpaired) electrons. The molecule has 0 aliphatic carbocycles. The minimum absolute atomic E-state index is 0.109. The van der Waals surface area contributed by atoms with E-state index in [0.717, 1.165) is 0 Å². The van der Waals surface area contributed by atoms with Crippen LogP contribution in [0, 0.1) is 11.3 Å². The van der Waals surface area contributed by atoms with Gasteiger partial charge in [-0.15, -0.1) is 0 Å². The van der Waals surface area contributed by atoms with Crippen molar-refractivity contribution in [3.63, 3.8) is 0 Å². The Morgan fingerprint density at radius 3 is 2.29 bits per heavy atom. The molecular formula is C22H24BrNO10. The van der Waals surface area contributed by atoms with Crippen LogP contribution in [-0.2, 0) is 54.0 Å². The lowest BCUT2D eigenvalue weighted by Crippen LogP contribution is -2.66. The maximum Gasteiger partial charge on any atom is 0.303 e. The number of nitriles is 1. The lowest BCUT2D eigenvalue weighted by Gasteiger charge is -2.48. The van der Waals surface area contributed by atoms with Crippen LogP contribution >= 0.6 is 15.9 Å². The van der Waals surface area contributed by atoms with Gasteiger partial charge >= 0.3 is 23.9 Å². The number of carbonyl (C=O) groups excluding carboxylic acids is 4. The molecule has 5 atom stereocenters. The summed E-state index contributed by atoms with van der Waals surface area (Å²) in [7, 11) is 0. The summed E-state index contributed by atoms with van der Waals surface area (Å²) in [5.74, 6) is -7.21. The number of nitrogens with zero attached hydrogens (tertiary/aromatic N) is 1. The van der Waals surface area contributed by atoms with E-state index in [1.807, 2.05) is 6.07 Å². The number of carbonyl (C=O) groups is 4. The first-order valence-corrected chi connectivity index (χ1v) is 10.6. The molecule has 1 fully saturated rings. The Bertz CT molecular complexity index is 1090. The zero-order chi connectivity index (χ0) is 28.5. The quantitative estimate of drug-likeness (QED) is 0.299. The molecule has 0 spiro atoms. The number of benzene rings is 1. The molecule has 34 heavy (non-hydrogen) atoms. The Hall–Kier alpha value is -3.01. The van der Waals surface area contributed by atoms with Crippen LogP contribution in [-0.4, -0.2) is 60.0 Å². The van der Waals surface area contributed by atoms with E-state index in [-0.39, 0.29) is 16.5 Å². The van der Waals surface area contributed by atoms with Crippen molar-refractivity contribution < 1.29 is 53.5 Å². The first-order valence-electron chi connectivity index (χ1n) is 12.3. The van der Waals surface area contributed by atoms with Crippen LogP contribution in [0.4, 0.5) is 0 Å². The minimum atomic E-state index is -2.69. The highest BCUT2D eigenvalue weighted by molar-refractivity contribution is 9.08. The number of ether oxygens (including phenoxy) is 5. The predicted octanol–water partition coefficient (Wildman–Crippen LogP) is 1.36. The summed E-state index contributed by atoms with van der Waals surface area (Å²) in [5, 5.41) is 21.3. The van der Waals surface area contributed by atoms with Crippen LogP contribution in [0.3, 0.4) is 0 Å². The topological polar surface area (TPSA) is 158 Å². The largest absolute Gasteiger partial charge is 0.463 e. The molecule has 1 saturated heterocycles. The van der Waals surface area contributed by atoms with E-state index >= 15 is 0 Å². The third-order valence-electron chi connectivity index (χ3n) is 4.69. The van der Waals surface area contributed by atoms with Crippen molar-refractivity contribution in [3.8, 4) is 6.07 Å². The number of halogens is 1. The lowest BCUT2D eigenvalue weighted by atomic mass is 9.86. The zero-order valence-electron chi connectivity index (χ0n) is 21.7. The summed E-state index contributed by atoms with van der Waals surface area (Å²) >= 11 is 3.23. The lowest BCUT2D eigenvalue weighted by molar-refractivity contribution is -0.360. The number of hydrogen-bond donors (Lipinski definition) is 1. The van der Waals surface area contributed by atoms with Crippen LogP contribution in [0.15, 0.2) is 18.2 Å². The van der Waals surface area contributed by atoms with Gasteiger partial charge in [-0.1, -0.05) is 22.0 Å². The molecule has 1 aliphatic heterocycles. The fraction of sp³-hybridized carbons (Fsp3) is 0.500. The Balaban J connectivity index is 2.75. The fourth-order valence-electron chi connectivity index (χ4n) is 3.41. The van der Waals surface area contributed by atoms with Gasteiger partial charge in [0.2, 0.25) is 11.9 Å². The Morgan fingerprint density at radius 1 is 1.09 bits per heavy atom. The Morgan fingerprint density at radius 2 is 1.71 bits per heavy atom. The van der Waals surface area contributed by atoms with Crippen molar-refractivity contribution in [2.24, 2.45) is 0 Å². The number of rotatable bonds is 7. The van der Waals surface area contributed by atoms with Crippen LogP contribution in [0.5, 0.6) is 0 Å². The van der Waals surface area contributed by atoms with E-state index in [9.17, 15) is 29.5 Å². The molecule has 1 N–H and O–H groups in total. The summed E-state index contributed by atoms with van der Waals surface area (Å²) in [6.07, 6.45) is -7.16. The third kappa shape index (κ3) is 6.31. The summed E-state index contributed by atoms with van der Waals surface area (Å²) in [4.78, 5) is 48.2. The van der Waals surface area contributed by atoms with Gasteiger partial charge in [0.25, 0.3) is 0 Å². The van der Waals surface area contributed by atoms with Gasteiger partial charge in [0, 0.05) is 44.0 Å². The average molecular weight is 546 g/mol. The Kier molecular flexibility index (Phi) is 7.22. The van der Waals surface area contributed by atoms with Crippen molar-refractivity contribution in [3.05, 3.63) is 34.9 Å². The van der Waals surface area contributed by atoms with Crippen LogP contribution in [0.1, 0.15) is 49.8 Å². The molecule has 1 aromatic carbocycles. The van der Waals surface area contributed by atoms with Gasteiger partial charge in [-0.25, -0.2) is 0 Å². The smallest absolute Gasteiger partial charge is 0.303 e. The first-order chi connectivity index (χ1) is 18.1. The summed E-state index contributed by atoms with van der Waals surface area (Å²) in [6, 6.07) is 5.90. The first kappa shape index (κ1) is 21.5. The van der Waals surface area contributed by atoms with Crippen LogP contribution < -0.4 is 0 Å². The second-order valence-corrected chi connectivity index (χ2v) is 7.53. The molecule has 184 valence electrons. The van der Waals surface area contributed by atoms with E-state index in [2.05, 4.69) is 15.9 Å². The molecule has 0 bridgehead atoms.